The maximum Gasteiger partial charge on any atom is 0.434 e. The Labute approximate surface area is 164 Å². The first-order valence-corrected chi connectivity index (χ1v) is 9.64. The van der Waals surface area contributed by atoms with Crippen molar-refractivity contribution in [2.24, 2.45) is 10.3 Å². The van der Waals surface area contributed by atoms with Crippen LogP contribution in [0.2, 0.25) is 5.02 Å². The number of aromatic nitrogens is 2. The van der Waals surface area contributed by atoms with Gasteiger partial charge in [-0.25, -0.2) is 15.3 Å². The van der Waals surface area contributed by atoms with Crippen LogP contribution in [0.3, 0.4) is 0 Å². The van der Waals surface area contributed by atoms with Gasteiger partial charge in [0, 0.05) is 22.5 Å². The highest BCUT2D eigenvalue weighted by Crippen LogP contribution is 2.33. The van der Waals surface area contributed by atoms with E-state index in [1.807, 2.05) is 6.92 Å². The van der Waals surface area contributed by atoms with Gasteiger partial charge in [0.1, 0.15) is 5.82 Å². The summed E-state index contributed by atoms with van der Waals surface area (Å²) in [5, 5.41) is 8.69. The Morgan fingerprint density at radius 1 is 1.07 bits per heavy atom. The lowest BCUT2D eigenvalue weighted by molar-refractivity contribution is -0.140. The van der Waals surface area contributed by atoms with Crippen LogP contribution in [0.1, 0.15) is 11.3 Å². The van der Waals surface area contributed by atoms with Gasteiger partial charge in [0.2, 0.25) is 0 Å². The number of rotatable bonds is 2. The van der Waals surface area contributed by atoms with Gasteiger partial charge in [0.25, 0.3) is 10.2 Å². The van der Waals surface area contributed by atoms with E-state index in [2.05, 4.69) is 15.3 Å². The largest absolute Gasteiger partial charge is 0.434 e. The van der Waals surface area contributed by atoms with E-state index in [0.29, 0.717) is 16.3 Å². The highest BCUT2D eigenvalue weighted by atomic mass is 35.5. The fourth-order valence-corrected chi connectivity index (χ4v) is 2.42. The van der Waals surface area contributed by atoms with Crippen LogP contribution in [-0.4, -0.2) is 18.0 Å². The minimum absolute atomic E-state index is 0.199. The van der Waals surface area contributed by atoms with Crippen molar-refractivity contribution in [3.8, 4) is 17.1 Å². The summed E-state index contributed by atoms with van der Waals surface area (Å²) in [6, 6.07) is 13.9. The molecule has 0 spiro atoms. The summed E-state index contributed by atoms with van der Waals surface area (Å²) in [4.78, 5) is 3.78. The third-order valence-corrected chi connectivity index (χ3v) is 3.87. The summed E-state index contributed by atoms with van der Waals surface area (Å²) >= 11 is 6.10. The summed E-state index contributed by atoms with van der Waals surface area (Å²) in [6.07, 6.45) is -3.51. The Balaban J connectivity index is 0.000000500. The minimum Gasteiger partial charge on any atom is -0.299 e. The standard InChI is InChI=1S/C17H12ClF3N2.H4N2O2S/c1-11-7-8-12(9-14(11)18)16-22-15(17(19,20)21)10-23(16)13-5-3-2-4-6-13;1-5(2,3)4/h2-10H,1H3;(H4,1,2,3,4). The number of benzene rings is 2. The van der Waals surface area contributed by atoms with Gasteiger partial charge in [0.05, 0.1) is 0 Å². The van der Waals surface area contributed by atoms with E-state index >= 15 is 0 Å². The van der Waals surface area contributed by atoms with Gasteiger partial charge in [0.15, 0.2) is 5.69 Å². The maximum absolute atomic E-state index is 13.1. The van der Waals surface area contributed by atoms with E-state index < -0.39 is 22.1 Å². The molecule has 1 heterocycles. The molecule has 1 aromatic heterocycles. The van der Waals surface area contributed by atoms with Crippen LogP contribution in [0.4, 0.5) is 13.2 Å². The number of nitrogens with zero attached hydrogens (tertiary/aromatic N) is 2. The third-order valence-electron chi connectivity index (χ3n) is 3.46. The molecule has 0 radical (unpaired) electrons. The van der Waals surface area contributed by atoms with Crippen LogP contribution in [0.25, 0.3) is 17.1 Å². The Bertz CT molecular complexity index is 1060. The number of nitrogens with two attached hydrogens (primary N) is 2. The molecule has 0 atom stereocenters. The summed E-state index contributed by atoms with van der Waals surface area (Å²) in [5.41, 5.74) is 1.04. The lowest BCUT2D eigenvalue weighted by atomic mass is 10.1. The lowest BCUT2D eigenvalue weighted by Gasteiger charge is -2.08. The highest BCUT2D eigenvalue weighted by Gasteiger charge is 2.35. The fraction of sp³-hybridized carbons (Fsp3) is 0.118. The second-order valence-corrected chi connectivity index (χ2v) is 7.29. The molecule has 0 aliphatic rings. The molecule has 2 aromatic carbocycles. The molecular weight excluding hydrogens is 417 g/mol. The molecule has 0 bridgehead atoms. The van der Waals surface area contributed by atoms with Crippen molar-refractivity contribution in [3.05, 3.63) is 71.0 Å². The number of halogens is 4. The second-order valence-electron chi connectivity index (χ2n) is 5.71. The molecule has 150 valence electrons. The van der Waals surface area contributed by atoms with E-state index in [0.717, 1.165) is 11.8 Å². The first kappa shape index (κ1) is 21.9. The van der Waals surface area contributed by atoms with Gasteiger partial charge >= 0.3 is 6.18 Å². The molecule has 0 unspecified atom stereocenters. The Hall–Kier alpha value is -2.40. The van der Waals surface area contributed by atoms with E-state index in [4.69, 9.17) is 11.6 Å². The van der Waals surface area contributed by atoms with Gasteiger partial charge < -0.3 is 0 Å². The average molecular weight is 433 g/mol. The van der Waals surface area contributed by atoms with Crippen LogP contribution in [-0.2, 0) is 16.4 Å². The van der Waals surface area contributed by atoms with E-state index in [1.54, 1.807) is 48.5 Å². The van der Waals surface area contributed by atoms with Crippen molar-refractivity contribution in [3.63, 3.8) is 0 Å². The maximum atomic E-state index is 13.1. The van der Waals surface area contributed by atoms with Gasteiger partial charge in [-0.1, -0.05) is 41.9 Å². The van der Waals surface area contributed by atoms with E-state index in [9.17, 15) is 21.6 Å². The quantitative estimate of drug-likeness (QED) is 0.645. The smallest absolute Gasteiger partial charge is 0.299 e. The Morgan fingerprint density at radius 2 is 1.64 bits per heavy atom. The number of imidazole rings is 1. The van der Waals surface area contributed by atoms with Gasteiger partial charge in [-0.2, -0.15) is 21.6 Å². The number of aryl methyl sites for hydroxylation is 1. The molecular formula is C17H16ClF3N4O2S. The lowest BCUT2D eigenvalue weighted by Crippen LogP contribution is -2.21. The van der Waals surface area contributed by atoms with Crippen molar-refractivity contribution in [1.82, 2.24) is 9.55 Å². The Morgan fingerprint density at radius 3 is 2.14 bits per heavy atom. The number of hydrogen-bond acceptors (Lipinski definition) is 3. The Kier molecular flexibility index (Phi) is 6.50. The molecule has 0 saturated carbocycles. The molecule has 0 fully saturated rings. The predicted molar refractivity (Wildman–Crippen MR) is 101 cm³/mol. The van der Waals surface area contributed by atoms with Gasteiger partial charge in [-0.15, -0.1) is 0 Å². The topological polar surface area (TPSA) is 104 Å². The number of alkyl halides is 3. The van der Waals surface area contributed by atoms with Gasteiger partial charge in [-0.05, 0) is 30.7 Å². The molecule has 11 heteroatoms. The monoisotopic (exact) mass is 432 g/mol. The molecule has 28 heavy (non-hydrogen) atoms. The molecule has 6 nitrogen and oxygen atoms in total. The van der Waals surface area contributed by atoms with Crippen LogP contribution in [0, 0.1) is 6.92 Å². The zero-order chi connectivity index (χ0) is 21.1. The van der Waals surface area contributed by atoms with Crippen LogP contribution >= 0.6 is 11.6 Å². The zero-order valence-electron chi connectivity index (χ0n) is 14.5. The second kappa shape index (κ2) is 8.31. The van der Waals surface area contributed by atoms with Crippen LogP contribution in [0.15, 0.2) is 54.7 Å². The highest BCUT2D eigenvalue weighted by molar-refractivity contribution is 7.86. The molecule has 0 aliphatic heterocycles. The summed E-state index contributed by atoms with van der Waals surface area (Å²) in [5.74, 6) is 0.199. The fourth-order valence-electron chi connectivity index (χ4n) is 2.24. The SMILES string of the molecule is Cc1ccc(-c2nc(C(F)(F)F)cn2-c2ccccc2)cc1Cl.NS(N)(=O)=O. The zero-order valence-corrected chi connectivity index (χ0v) is 16.1. The normalized spacial score (nSPS) is 11.7. The third kappa shape index (κ3) is 6.06. The molecule has 0 amide bonds. The van der Waals surface area contributed by atoms with Crippen molar-refractivity contribution >= 4 is 21.8 Å². The van der Waals surface area contributed by atoms with Crippen LogP contribution in [0.5, 0.6) is 0 Å². The van der Waals surface area contributed by atoms with Crippen molar-refractivity contribution in [1.29, 1.82) is 0 Å². The van der Waals surface area contributed by atoms with Crippen molar-refractivity contribution in [2.75, 3.05) is 0 Å². The van der Waals surface area contributed by atoms with Gasteiger partial charge in [-0.3, -0.25) is 4.57 Å². The van der Waals surface area contributed by atoms with E-state index in [-0.39, 0.29) is 5.82 Å². The first-order valence-electron chi connectivity index (χ1n) is 7.65. The molecule has 0 aliphatic carbocycles. The van der Waals surface area contributed by atoms with Crippen molar-refractivity contribution in [2.45, 2.75) is 13.1 Å². The summed E-state index contributed by atoms with van der Waals surface area (Å²) in [7, 11) is -3.67. The summed E-state index contributed by atoms with van der Waals surface area (Å²) in [6.45, 7) is 1.83. The molecule has 4 N–H and O–H groups in total. The molecule has 0 saturated heterocycles. The van der Waals surface area contributed by atoms with Crippen LogP contribution < -0.4 is 10.3 Å². The van der Waals surface area contributed by atoms with Crippen molar-refractivity contribution < 1.29 is 21.6 Å². The first-order chi connectivity index (χ1) is 12.9. The molecule has 3 rings (SSSR count). The number of para-hydroxylation sites is 1. The molecule has 3 aromatic rings. The summed E-state index contributed by atoms with van der Waals surface area (Å²) < 4.78 is 59.0. The van der Waals surface area contributed by atoms with E-state index in [1.165, 1.54) is 4.57 Å². The minimum atomic E-state index is -4.51. The average Bonchev–Trinajstić information content (AvgIpc) is 3.02. The predicted octanol–water partition coefficient (Wildman–Crippen LogP) is 3.67. The number of hydrogen-bond donors (Lipinski definition) is 2.